The van der Waals surface area contributed by atoms with Crippen LogP contribution in [-0.2, 0) is 0 Å². The lowest BCUT2D eigenvalue weighted by molar-refractivity contribution is 0.0682. The summed E-state index contributed by atoms with van der Waals surface area (Å²) < 4.78 is 66.7. The molecule has 2 aliphatic heterocycles. The zero-order valence-corrected chi connectivity index (χ0v) is 26.8. The molecule has 2 unspecified atom stereocenters. The first-order valence-electron chi connectivity index (χ1n) is 16.5. The Bertz CT molecular complexity index is 2020. The predicted molar refractivity (Wildman–Crippen MR) is 177 cm³/mol. The molecule has 2 atom stereocenters. The molecular formula is C34H34F4N6O6. The van der Waals surface area contributed by atoms with E-state index >= 15 is 17.6 Å². The lowest BCUT2D eigenvalue weighted by Gasteiger charge is -2.37. The van der Waals surface area contributed by atoms with Crippen LogP contribution in [0.5, 0.6) is 0 Å². The molecule has 0 bridgehead atoms. The van der Waals surface area contributed by atoms with Gasteiger partial charge in [0.1, 0.15) is 11.1 Å². The fourth-order valence-electron chi connectivity index (χ4n) is 7.71. The average molecular weight is 699 g/mol. The maximum Gasteiger partial charge on any atom is 0.341 e. The number of carboxylic acids is 2. The molecule has 4 heterocycles. The number of nitrogens with zero attached hydrogens (tertiary/aromatic N) is 4. The highest BCUT2D eigenvalue weighted by molar-refractivity contribution is 5.95. The maximum absolute atomic E-state index is 16.3. The highest BCUT2D eigenvalue weighted by atomic mass is 19.2. The normalized spacial score (nSPS) is 20.1. The summed E-state index contributed by atoms with van der Waals surface area (Å²) in [5, 5.41) is 25.5. The lowest BCUT2D eigenvalue weighted by Crippen LogP contribution is -2.44. The first kappa shape index (κ1) is 33.5. The quantitative estimate of drug-likeness (QED) is 0.221. The van der Waals surface area contributed by atoms with Gasteiger partial charge >= 0.3 is 11.9 Å². The number of benzene rings is 2. The van der Waals surface area contributed by atoms with E-state index in [1.54, 1.807) is 9.80 Å². The van der Waals surface area contributed by atoms with Crippen molar-refractivity contribution in [2.24, 2.45) is 0 Å². The van der Waals surface area contributed by atoms with E-state index in [9.17, 15) is 29.4 Å². The highest BCUT2D eigenvalue weighted by Gasteiger charge is 2.35. The first-order valence-corrected chi connectivity index (χ1v) is 16.5. The molecule has 0 amide bonds. The van der Waals surface area contributed by atoms with Crippen molar-refractivity contribution in [2.75, 3.05) is 62.2 Å². The molecule has 4 N–H and O–H groups in total. The van der Waals surface area contributed by atoms with Crippen LogP contribution in [0, 0.1) is 23.3 Å². The van der Waals surface area contributed by atoms with Crippen LogP contribution in [0.4, 0.5) is 28.9 Å². The molecule has 50 heavy (non-hydrogen) atoms. The summed E-state index contributed by atoms with van der Waals surface area (Å²) in [6.45, 7) is 3.13. The molecule has 7 rings (SSSR count). The Morgan fingerprint density at radius 1 is 0.620 bits per heavy atom. The highest BCUT2D eigenvalue weighted by Crippen LogP contribution is 2.43. The van der Waals surface area contributed by atoms with Crippen molar-refractivity contribution >= 4 is 45.1 Å². The number of aromatic carboxylic acids is 2. The number of hydrogen-bond acceptors (Lipinski definition) is 8. The summed E-state index contributed by atoms with van der Waals surface area (Å²) in [4.78, 5) is 54.9. The van der Waals surface area contributed by atoms with Crippen LogP contribution in [0.25, 0.3) is 21.8 Å². The van der Waals surface area contributed by atoms with Crippen molar-refractivity contribution < 1.29 is 37.4 Å². The second-order valence-corrected chi connectivity index (χ2v) is 12.9. The van der Waals surface area contributed by atoms with E-state index in [0.717, 1.165) is 33.7 Å². The minimum absolute atomic E-state index is 0.182. The molecule has 12 nitrogen and oxygen atoms in total. The van der Waals surface area contributed by atoms with Crippen LogP contribution in [0.15, 0.2) is 34.1 Å². The fourth-order valence-corrected chi connectivity index (χ4v) is 7.71. The third-order valence-electron chi connectivity index (χ3n) is 10.1. The van der Waals surface area contributed by atoms with E-state index in [4.69, 9.17) is 0 Å². The maximum atomic E-state index is 16.3. The van der Waals surface area contributed by atoms with Gasteiger partial charge in [0.2, 0.25) is 10.9 Å². The zero-order valence-electron chi connectivity index (χ0n) is 26.8. The second kappa shape index (κ2) is 13.1. The van der Waals surface area contributed by atoms with E-state index < -0.39 is 80.3 Å². The van der Waals surface area contributed by atoms with E-state index in [2.05, 4.69) is 10.6 Å². The van der Waals surface area contributed by atoms with Gasteiger partial charge in [-0.15, -0.1) is 0 Å². The van der Waals surface area contributed by atoms with Gasteiger partial charge < -0.3 is 39.8 Å². The Morgan fingerprint density at radius 2 is 0.980 bits per heavy atom. The van der Waals surface area contributed by atoms with Gasteiger partial charge in [-0.1, -0.05) is 12.8 Å². The molecule has 3 fully saturated rings. The standard InChI is InChI=1S/C34H34F4N6O6/c35-25-23(41-9-5-39-6-10-41)13-17-29(27(25)37)43(15-19(31(17)45)33(47)48)21-3-1-2-4-22(21)44-16-20(34(49)50)32(46)18-14-24(26(36)28(38)30(18)44)42-11-7-40-8-12-42/h13-16,21-22,39-40H,1-12H2,(H,47,48)(H,49,50). The number of fused-ring (bicyclic) bond motifs is 2. The second-order valence-electron chi connectivity index (χ2n) is 12.9. The van der Waals surface area contributed by atoms with Gasteiger partial charge in [0, 0.05) is 64.8 Å². The number of nitrogens with one attached hydrogen (secondary N) is 2. The molecule has 16 heteroatoms. The predicted octanol–water partition coefficient (Wildman–Crippen LogP) is 3.44. The first-order chi connectivity index (χ1) is 24.0. The van der Waals surface area contributed by atoms with E-state index in [0.29, 0.717) is 65.2 Å². The minimum Gasteiger partial charge on any atom is -0.477 e. The van der Waals surface area contributed by atoms with Gasteiger partial charge in [-0.2, -0.15) is 0 Å². The summed E-state index contributed by atoms with van der Waals surface area (Å²) >= 11 is 0. The smallest absolute Gasteiger partial charge is 0.341 e. The van der Waals surface area contributed by atoms with Gasteiger partial charge in [-0.05, 0) is 25.0 Å². The van der Waals surface area contributed by atoms with Crippen molar-refractivity contribution in [1.29, 1.82) is 0 Å². The number of piperazine rings is 2. The lowest BCUT2D eigenvalue weighted by atomic mass is 9.88. The molecule has 1 aliphatic carbocycles. The van der Waals surface area contributed by atoms with E-state index in [1.807, 2.05) is 0 Å². The number of halogens is 4. The van der Waals surface area contributed by atoms with Crippen LogP contribution < -0.4 is 31.3 Å². The molecule has 1 saturated carbocycles. The Kier molecular flexibility index (Phi) is 8.76. The third-order valence-corrected chi connectivity index (χ3v) is 10.1. The molecule has 0 radical (unpaired) electrons. The number of hydrogen-bond donors (Lipinski definition) is 4. The number of rotatable bonds is 6. The van der Waals surface area contributed by atoms with Crippen molar-refractivity contribution in [2.45, 2.75) is 37.8 Å². The molecule has 4 aromatic rings. The molecule has 0 spiro atoms. The Balaban J connectivity index is 1.48. The number of carbonyl (C=O) groups is 2. The summed E-state index contributed by atoms with van der Waals surface area (Å²) in [6.07, 6.45) is 3.20. The molecule has 264 valence electrons. The molecule has 2 aromatic carbocycles. The van der Waals surface area contributed by atoms with Crippen LogP contribution in [0.2, 0.25) is 0 Å². The summed E-state index contributed by atoms with van der Waals surface area (Å²) in [5.74, 6) is -8.47. The Morgan fingerprint density at radius 3 is 1.32 bits per heavy atom. The van der Waals surface area contributed by atoms with Gasteiger partial charge in [0.25, 0.3) is 0 Å². The van der Waals surface area contributed by atoms with Crippen LogP contribution in [0.1, 0.15) is 58.5 Å². The van der Waals surface area contributed by atoms with E-state index in [1.165, 1.54) is 0 Å². The third kappa shape index (κ3) is 5.46. The molecule has 2 aromatic heterocycles. The number of pyridine rings is 2. The number of aromatic nitrogens is 2. The van der Waals surface area contributed by atoms with Gasteiger partial charge in [0.15, 0.2) is 23.3 Å². The van der Waals surface area contributed by atoms with Gasteiger partial charge in [0.05, 0.1) is 45.3 Å². The van der Waals surface area contributed by atoms with Crippen LogP contribution in [-0.4, -0.2) is 83.6 Å². The van der Waals surface area contributed by atoms with E-state index in [-0.39, 0.29) is 35.0 Å². The molecule has 2 saturated heterocycles. The summed E-state index contributed by atoms with van der Waals surface area (Å²) in [6, 6.07) is 0.274. The van der Waals surface area contributed by atoms with Gasteiger partial charge in [-0.25, -0.2) is 27.2 Å². The Hall–Kier alpha value is -4.96. The summed E-state index contributed by atoms with van der Waals surface area (Å²) in [5.41, 5.74) is -4.89. The number of anilines is 2. The SMILES string of the molecule is O=C(O)c1cn(C2CCCCC2n2cc(C(=O)O)c(=O)c3cc(N4CCNCC4)c(F)c(F)c32)c2c(F)c(F)c(N3CCNCC3)cc2c1=O. The van der Waals surface area contributed by atoms with Crippen LogP contribution in [0.3, 0.4) is 0 Å². The molecular weight excluding hydrogens is 664 g/mol. The largest absolute Gasteiger partial charge is 0.477 e. The van der Waals surface area contributed by atoms with Gasteiger partial charge in [-0.3, -0.25) is 9.59 Å². The summed E-state index contributed by atoms with van der Waals surface area (Å²) in [7, 11) is 0. The topological polar surface area (TPSA) is 149 Å². The molecule has 3 aliphatic rings. The van der Waals surface area contributed by atoms with Crippen molar-refractivity contribution in [3.05, 3.63) is 79.4 Å². The van der Waals surface area contributed by atoms with Crippen molar-refractivity contribution in [3.63, 3.8) is 0 Å². The Labute approximate surface area is 281 Å². The number of carboxylic acid groups (broad SMARTS) is 2. The zero-order chi connectivity index (χ0) is 35.4. The minimum atomic E-state index is -1.61. The average Bonchev–Trinajstić information content (AvgIpc) is 3.12. The van der Waals surface area contributed by atoms with Crippen molar-refractivity contribution in [3.8, 4) is 0 Å². The van der Waals surface area contributed by atoms with Crippen molar-refractivity contribution in [1.82, 2.24) is 19.8 Å². The monoisotopic (exact) mass is 698 g/mol. The van der Waals surface area contributed by atoms with Crippen LogP contribution >= 0.6 is 0 Å². The fraction of sp³-hybridized carbons (Fsp3) is 0.412.